The maximum Gasteiger partial charge on any atom is 0.176 e. The second-order valence-corrected chi connectivity index (χ2v) is 0.849. The van der Waals surface area contributed by atoms with E-state index in [2.05, 4.69) is 15.8 Å². The fraction of sp³-hybridized carbons (Fsp3) is 1.00. The molecule has 0 saturated carbocycles. The summed E-state index contributed by atoms with van der Waals surface area (Å²) in [5.74, 6) is 0. The first-order chi connectivity index (χ1) is 3.41. The molecule has 0 spiro atoms. The number of hydroxylamine groups is 1. The third-order valence-corrected chi connectivity index (χ3v) is 0.348. The third-order valence-electron chi connectivity index (χ3n) is 0.348. The van der Waals surface area contributed by atoms with Gasteiger partial charge in [-0.15, -0.1) is 10.4 Å². The van der Waals surface area contributed by atoms with Crippen LogP contribution in [0.15, 0.2) is 5.34 Å². The van der Waals surface area contributed by atoms with Crippen LogP contribution in [0.3, 0.4) is 0 Å². The molecule has 6 heteroatoms. The van der Waals surface area contributed by atoms with Crippen molar-refractivity contribution in [3.05, 3.63) is 4.91 Å². The minimum Gasteiger partial charge on any atom is -0.329 e. The average Bonchev–Trinajstić information content (AvgIpc) is 1.69. The van der Waals surface area contributed by atoms with E-state index in [1.54, 1.807) is 0 Å². The van der Waals surface area contributed by atoms with Crippen LogP contribution in [0.25, 0.3) is 0 Å². The van der Waals surface area contributed by atoms with Gasteiger partial charge in [0.2, 0.25) is 0 Å². The van der Waals surface area contributed by atoms with Gasteiger partial charge in [0, 0.05) is 33.5 Å². The first-order valence-corrected chi connectivity index (χ1v) is 1.83. The number of nitrogens with one attached hydrogen (secondary N) is 1. The maximum absolute atomic E-state index is 9.10. The van der Waals surface area contributed by atoms with Gasteiger partial charge in [0.1, 0.15) is 0 Å². The second kappa shape index (κ2) is 10.1. The maximum atomic E-state index is 9.10. The van der Waals surface area contributed by atoms with Crippen LogP contribution in [0.1, 0.15) is 0 Å². The fourth-order valence-corrected chi connectivity index (χ4v) is 0.131. The first kappa shape index (κ1) is 10.9. The summed E-state index contributed by atoms with van der Waals surface area (Å²) in [5, 5.41) is 2.06. The molecule has 0 aromatic carbocycles. The number of nitrogens with two attached hydrogens (primary N) is 1. The quantitative estimate of drug-likeness (QED) is 0.275. The van der Waals surface area contributed by atoms with Gasteiger partial charge in [-0.3, -0.25) is 4.94 Å². The number of hydrogen-bond donors (Lipinski definition) is 2. The molecule has 0 amide bonds. The van der Waals surface area contributed by atoms with Crippen LogP contribution in [0.4, 0.5) is 0 Å². The van der Waals surface area contributed by atoms with Crippen molar-refractivity contribution in [1.29, 1.82) is 0 Å². The van der Waals surface area contributed by atoms with Gasteiger partial charge in [-0.25, -0.2) is 0 Å². The fourth-order valence-electron chi connectivity index (χ4n) is 0.131. The molecular formula is C2H7N3O2Pd. The topological polar surface area (TPSA) is 76.7 Å². The molecule has 0 aromatic rings. The summed E-state index contributed by atoms with van der Waals surface area (Å²) < 4.78 is 0. The predicted octanol–water partition coefficient (Wildman–Crippen LogP) is -0.855. The molecular weight excluding hydrogens is 204 g/mol. The Hall–Kier alpha value is -0.0177. The third kappa shape index (κ3) is 9.36. The Balaban J connectivity index is 0. The Kier molecular flexibility index (Phi) is 13.7. The van der Waals surface area contributed by atoms with Crippen LogP contribution in [-0.2, 0) is 25.4 Å². The van der Waals surface area contributed by atoms with Gasteiger partial charge in [0.25, 0.3) is 0 Å². The van der Waals surface area contributed by atoms with Crippen LogP contribution in [-0.4, -0.2) is 13.1 Å². The summed E-state index contributed by atoms with van der Waals surface area (Å²) in [6.45, 7) is 0.862. The Labute approximate surface area is 60.5 Å². The van der Waals surface area contributed by atoms with E-state index in [9.17, 15) is 0 Å². The van der Waals surface area contributed by atoms with Crippen molar-refractivity contribution in [2.75, 3.05) is 13.1 Å². The summed E-state index contributed by atoms with van der Waals surface area (Å²) >= 11 is 0. The van der Waals surface area contributed by atoms with Crippen molar-refractivity contribution in [3.8, 4) is 0 Å². The molecule has 0 rings (SSSR count). The van der Waals surface area contributed by atoms with E-state index in [0.29, 0.717) is 13.1 Å². The van der Waals surface area contributed by atoms with E-state index in [1.807, 2.05) is 0 Å². The van der Waals surface area contributed by atoms with Crippen LogP contribution in [0.5, 0.6) is 0 Å². The first-order valence-electron chi connectivity index (χ1n) is 1.83. The average molecular weight is 212 g/mol. The van der Waals surface area contributed by atoms with Crippen LogP contribution in [0, 0.1) is 4.91 Å². The van der Waals surface area contributed by atoms with Gasteiger partial charge in [-0.05, 0) is 0 Å². The van der Waals surface area contributed by atoms with Gasteiger partial charge in [-0.1, -0.05) is 0 Å². The summed E-state index contributed by atoms with van der Waals surface area (Å²) in [6, 6.07) is 0. The van der Waals surface area contributed by atoms with Gasteiger partial charge in [-0.2, -0.15) is 0 Å². The van der Waals surface area contributed by atoms with E-state index in [0.717, 1.165) is 0 Å². The molecule has 0 aliphatic rings. The van der Waals surface area contributed by atoms with Crippen LogP contribution < -0.4 is 11.2 Å². The molecule has 0 heterocycles. The molecule has 52 valence electrons. The number of hydrogen-bond acceptors (Lipinski definition) is 5. The molecule has 0 bridgehead atoms. The summed E-state index contributed by atoms with van der Waals surface area (Å²) in [5.41, 5.74) is 7.16. The molecule has 3 N–H and O–H groups in total. The zero-order valence-corrected chi connectivity index (χ0v) is 5.63. The minimum atomic E-state index is 0. The number of rotatable bonds is 4. The van der Waals surface area contributed by atoms with Crippen molar-refractivity contribution in [1.82, 2.24) is 5.48 Å². The van der Waals surface area contributed by atoms with Gasteiger partial charge in [0.05, 0.1) is 0 Å². The zero-order valence-electron chi connectivity index (χ0n) is 4.07. The molecule has 0 saturated heterocycles. The Morgan fingerprint density at radius 3 is 2.75 bits per heavy atom. The van der Waals surface area contributed by atoms with E-state index in [1.165, 1.54) is 0 Å². The molecule has 8 heavy (non-hydrogen) atoms. The second-order valence-electron chi connectivity index (χ2n) is 0.849. The zero-order chi connectivity index (χ0) is 5.54. The summed E-state index contributed by atoms with van der Waals surface area (Å²) in [7, 11) is 0. The standard InChI is InChI=1S/C2H7N3O2.Pd/c3-1-2-4-7-5-6;/h4H,1-3H2;. The predicted molar refractivity (Wildman–Crippen MR) is 23.9 cm³/mol. The van der Waals surface area contributed by atoms with E-state index < -0.39 is 0 Å². The van der Waals surface area contributed by atoms with Crippen LogP contribution >= 0.6 is 0 Å². The van der Waals surface area contributed by atoms with E-state index in [4.69, 9.17) is 10.6 Å². The Morgan fingerprint density at radius 2 is 2.38 bits per heavy atom. The molecule has 0 radical (unpaired) electrons. The number of nitrogens with zero attached hydrogens (tertiary/aromatic N) is 1. The van der Waals surface area contributed by atoms with Gasteiger partial charge in [0.15, 0.2) is 5.34 Å². The van der Waals surface area contributed by atoms with Crippen molar-refractivity contribution in [3.63, 3.8) is 0 Å². The van der Waals surface area contributed by atoms with Gasteiger partial charge >= 0.3 is 0 Å². The summed E-state index contributed by atoms with van der Waals surface area (Å²) in [6.07, 6.45) is 0. The molecule has 0 aromatic heterocycles. The van der Waals surface area contributed by atoms with Crippen molar-refractivity contribution < 1.29 is 25.4 Å². The molecule has 5 nitrogen and oxygen atoms in total. The van der Waals surface area contributed by atoms with E-state index in [-0.39, 0.29) is 20.4 Å². The largest absolute Gasteiger partial charge is 0.329 e. The Morgan fingerprint density at radius 1 is 1.75 bits per heavy atom. The van der Waals surface area contributed by atoms with Gasteiger partial charge < -0.3 is 5.73 Å². The van der Waals surface area contributed by atoms with E-state index >= 15 is 0 Å². The molecule has 0 aliphatic heterocycles. The SMILES string of the molecule is NCCNON=O.[Pd]. The molecule has 0 atom stereocenters. The smallest absolute Gasteiger partial charge is 0.176 e. The minimum absolute atomic E-state index is 0. The van der Waals surface area contributed by atoms with Crippen molar-refractivity contribution >= 4 is 0 Å². The Bertz CT molecular complexity index is 52.5. The normalized spacial score (nSPS) is 7.12. The summed E-state index contributed by atoms with van der Waals surface area (Å²) in [4.78, 5) is 12.9. The van der Waals surface area contributed by atoms with Crippen molar-refractivity contribution in [2.45, 2.75) is 0 Å². The van der Waals surface area contributed by atoms with Crippen LogP contribution in [0.2, 0.25) is 0 Å². The molecule has 0 unspecified atom stereocenters. The molecule has 0 fully saturated rings. The monoisotopic (exact) mass is 211 g/mol. The molecule has 0 aliphatic carbocycles. The van der Waals surface area contributed by atoms with Crippen molar-refractivity contribution in [2.24, 2.45) is 11.1 Å².